The van der Waals surface area contributed by atoms with Gasteiger partial charge in [-0.3, -0.25) is 4.79 Å². The van der Waals surface area contributed by atoms with Crippen molar-refractivity contribution in [3.05, 3.63) is 35.9 Å². The molecule has 1 unspecified atom stereocenters. The number of carbonyl (C=O) groups excluding carboxylic acids is 1. The molecule has 0 bridgehead atoms. The van der Waals surface area contributed by atoms with Gasteiger partial charge < -0.3 is 5.32 Å². The smallest absolute Gasteiger partial charge is 0.207 e. The van der Waals surface area contributed by atoms with Gasteiger partial charge in [-0.25, -0.2) is 13.1 Å². The van der Waals surface area contributed by atoms with Crippen molar-refractivity contribution in [2.24, 2.45) is 0 Å². The van der Waals surface area contributed by atoms with Gasteiger partial charge >= 0.3 is 0 Å². The van der Waals surface area contributed by atoms with Crippen molar-refractivity contribution >= 4 is 17.3 Å². The van der Waals surface area contributed by atoms with Crippen molar-refractivity contribution < 1.29 is 13.2 Å². The molecule has 94 valence electrons. The molecular weight excluding hydrogens is 240 g/mol. The number of rotatable bonds is 8. The van der Waals surface area contributed by atoms with Gasteiger partial charge in [0.05, 0.1) is 0 Å². The Bertz CT molecular complexity index is 398. The highest BCUT2D eigenvalue weighted by atomic mass is 32.2. The Balaban J connectivity index is 2.58. The average molecular weight is 256 g/mol. The normalized spacial score (nSPS) is 12.3. The number of nitrogens with one attached hydrogen (secondary N) is 2. The van der Waals surface area contributed by atoms with Crippen LogP contribution in [0.2, 0.25) is 0 Å². The SMILES string of the molecule is O=CNCCCC(N[SH](=O)=O)c1ccccc1. The van der Waals surface area contributed by atoms with E-state index in [9.17, 15) is 13.2 Å². The molecule has 0 aliphatic carbocycles. The molecule has 1 rings (SSSR count). The fraction of sp³-hybridized carbons (Fsp3) is 0.364. The molecule has 1 atom stereocenters. The van der Waals surface area contributed by atoms with Crippen molar-refractivity contribution in [3.8, 4) is 0 Å². The fourth-order valence-electron chi connectivity index (χ4n) is 1.59. The van der Waals surface area contributed by atoms with Gasteiger partial charge in [-0.05, 0) is 18.4 Å². The maximum absolute atomic E-state index is 10.7. The third-order valence-electron chi connectivity index (χ3n) is 2.36. The molecule has 6 heteroatoms. The molecule has 0 saturated heterocycles. The number of benzene rings is 1. The van der Waals surface area contributed by atoms with Crippen LogP contribution in [0.15, 0.2) is 30.3 Å². The topological polar surface area (TPSA) is 75.3 Å². The van der Waals surface area contributed by atoms with Gasteiger partial charge in [-0.1, -0.05) is 30.3 Å². The van der Waals surface area contributed by atoms with E-state index in [-0.39, 0.29) is 6.04 Å². The molecule has 5 nitrogen and oxygen atoms in total. The average Bonchev–Trinajstić information content (AvgIpc) is 2.34. The first-order valence-electron chi connectivity index (χ1n) is 5.36. The number of hydrogen-bond donors (Lipinski definition) is 3. The zero-order valence-corrected chi connectivity index (χ0v) is 10.2. The van der Waals surface area contributed by atoms with E-state index in [1.54, 1.807) is 0 Å². The van der Waals surface area contributed by atoms with Crippen LogP contribution < -0.4 is 10.0 Å². The van der Waals surface area contributed by atoms with Gasteiger partial charge in [0, 0.05) is 12.6 Å². The lowest BCUT2D eigenvalue weighted by molar-refractivity contribution is -0.109. The van der Waals surface area contributed by atoms with Crippen LogP contribution in [0, 0.1) is 0 Å². The number of hydrogen-bond acceptors (Lipinski definition) is 3. The molecule has 2 N–H and O–H groups in total. The first-order chi connectivity index (χ1) is 8.24. The van der Waals surface area contributed by atoms with Crippen LogP contribution in [0.4, 0.5) is 0 Å². The molecule has 0 spiro atoms. The van der Waals surface area contributed by atoms with Crippen LogP contribution in [-0.4, -0.2) is 21.4 Å². The molecule has 0 radical (unpaired) electrons. The summed E-state index contributed by atoms with van der Waals surface area (Å²) in [4.78, 5) is 10.1. The van der Waals surface area contributed by atoms with Crippen molar-refractivity contribution in [3.63, 3.8) is 0 Å². The first-order valence-corrected chi connectivity index (χ1v) is 6.54. The van der Waals surface area contributed by atoms with Gasteiger partial charge in [-0.2, -0.15) is 0 Å². The summed E-state index contributed by atoms with van der Waals surface area (Å²) in [5, 5.41) is 2.55. The predicted molar refractivity (Wildman–Crippen MR) is 65.9 cm³/mol. The van der Waals surface area contributed by atoms with Crippen LogP contribution in [-0.2, 0) is 15.7 Å². The second-order valence-electron chi connectivity index (χ2n) is 3.56. The molecule has 0 heterocycles. The lowest BCUT2D eigenvalue weighted by atomic mass is 10.0. The maximum atomic E-state index is 10.7. The summed E-state index contributed by atoms with van der Waals surface area (Å²) in [5.74, 6) is 0. The minimum absolute atomic E-state index is 0.231. The second kappa shape index (κ2) is 7.81. The van der Waals surface area contributed by atoms with Crippen LogP contribution in [0.1, 0.15) is 24.4 Å². The maximum Gasteiger partial charge on any atom is 0.207 e. The van der Waals surface area contributed by atoms with Gasteiger partial charge in [0.1, 0.15) is 0 Å². The Kier molecular flexibility index (Phi) is 6.27. The Morgan fingerprint density at radius 1 is 1.24 bits per heavy atom. The van der Waals surface area contributed by atoms with Crippen LogP contribution in [0.25, 0.3) is 0 Å². The van der Waals surface area contributed by atoms with Crippen LogP contribution >= 0.6 is 0 Å². The zero-order chi connectivity index (χ0) is 12.5. The van der Waals surface area contributed by atoms with E-state index < -0.39 is 10.9 Å². The number of amides is 1. The van der Waals surface area contributed by atoms with E-state index in [0.29, 0.717) is 25.8 Å². The summed E-state index contributed by atoms with van der Waals surface area (Å²) >= 11 is 0. The van der Waals surface area contributed by atoms with Gasteiger partial charge in [0.25, 0.3) is 0 Å². The largest absolute Gasteiger partial charge is 0.359 e. The minimum Gasteiger partial charge on any atom is -0.359 e. The second-order valence-corrected chi connectivity index (χ2v) is 4.34. The molecule has 1 aromatic carbocycles. The highest BCUT2D eigenvalue weighted by Gasteiger charge is 2.10. The van der Waals surface area contributed by atoms with E-state index in [4.69, 9.17) is 0 Å². The van der Waals surface area contributed by atoms with E-state index >= 15 is 0 Å². The third-order valence-corrected chi connectivity index (χ3v) is 2.88. The molecule has 1 aromatic rings. The first kappa shape index (κ1) is 13.7. The van der Waals surface area contributed by atoms with Crippen molar-refractivity contribution in [2.75, 3.05) is 6.54 Å². The standard InChI is InChI=1S/C11H16N2O3S/c14-9-12-8-4-7-11(13-17(15)16)10-5-2-1-3-6-10/h1-3,5-6,9,11,17H,4,7-8H2,(H,12,14)(H,13,15,16). The highest BCUT2D eigenvalue weighted by molar-refractivity contribution is 7.70. The fourth-order valence-corrected chi connectivity index (χ4v) is 2.12. The van der Waals surface area contributed by atoms with Crippen molar-refractivity contribution in [2.45, 2.75) is 18.9 Å². The van der Waals surface area contributed by atoms with E-state index in [2.05, 4.69) is 10.0 Å². The van der Waals surface area contributed by atoms with Gasteiger partial charge in [-0.15, -0.1) is 0 Å². The van der Waals surface area contributed by atoms with Crippen molar-refractivity contribution in [1.29, 1.82) is 0 Å². The molecule has 1 amide bonds. The monoisotopic (exact) mass is 256 g/mol. The molecule has 0 aliphatic heterocycles. The Hall–Kier alpha value is -1.40. The van der Waals surface area contributed by atoms with Crippen LogP contribution in [0.5, 0.6) is 0 Å². The summed E-state index contributed by atoms with van der Waals surface area (Å²) in [7, 11) is -2.63. The Morgan fingerprint density at radius 3 is 2.53 bits per heavy atom. The summed E-state index contributed by atoms with van der Waals surface area (Å²) in [6.45, 7) is 0.546. The summed E-state index contributed by atoms with van der Waals surface area (Å²) in [6.07, 6.45) is 2.00. The van der Waals surface area contributed by atoms with E-state index in [1.165, 1.54) is 0 Å². The Morgan fingerprint density at radius 2 is 1.94 bits per heavy atom. The van der Waals surface area contributed by atoms with E-state index in [1.807, 2.05) is 30.3 Å². The zero-order valence-electron chi connectivity index (χ0n) is 9.33. The van der Waals surface area contributed by atoms with Gasteiger partial charge in [0.2, 0.25) is 17.3 Å². The van der Waals surface area contributed by atoms with Crippen molar-refractivity contribution in [1.82, 2.24) is 10.0 Å². The quantitative estimate of drug-likeness (QED) is 0.357. The highest BCUT2D eigenvalue weighted by Crippen LogP contribution is 2.17. The molecule has 0 saturated carbocycles. The third kappa shape index (κ3) is 5.46. The summed E-state index contributed by atoms with van der Waals surface area (Å²) in [5.41, 5.74) is 0.929. The minimum atomic E-state index is -2.63. The lowest BCUT2D eigenvalue weighted by Gasteiger charge is -2.15. The van der Waals surface area contributed by atoms with E-state index in [0.717, 1.165) is 5.56 Å². The molecule has 0 aromatic heterocycles. The van der Waals surface area contributed by atoms with Gasteiger partial charge in [0.15, 0.2) is 0 Å². The summed E-state index contributed by atoms with van der Waals surface area (Å²) < 4.78 is 24.0. The summed E-state index contributed by atoms with van der Waals surface area (Å²) in [6, 6.07) is 9.14. The number of carbonyl (C=O) groups is 1. The predicted octanol–water partition coefficient (Wildman–Crippen LogP) is 0.370. The Labute approximate surface area is 102 Å². The molecular formula is C11H16N2O3S. The van der Waals surface area contributed by atoms with Crippen LogP contribution in [0.3, 0.4) is 0 Å². The number of thiol groups is 1. The lowest BCUT2D eigenvalue weighted by Crippen LogP contribution is -2.21. The molecule has 0 fully saturated rings. The molecule has 17 heavy (non-hydrogen) atoms. The molecule has 0 aliphatic rings.